The number of thioether (sulfide) groups is 1. The van der Waals surface area contributed by atoms with Crippen molar-refractivity contribution in [3.63, 3.8) is 0 Å². The lowest BCUT2D eigenvalue weighted by Gasteiger charge is -2.20. The minimum atomic E-state index is -0.489. The molecule has 0 bridgehead atoms. The monoisotopic (exact) mass is 516 g/mol. The first-order valence-corrected chi connectivity index (χ1v) is 12.2. The van der Waals surface area contributed by atoms with Crippen LogP contribution in [0.5, 0.6) is 11.5 Å². The number of halogens is 1. The van der Waals surface area contributed by atoms with Crippen LogP contribution in [0.15, 0.2) is 82.4 Å². The van der Waals surface area contributed by atoms with Crippen molar-refractivity contribution in [3.05, 3.63) is 99.6 Å². The van der Waals surface area contributed by atoms with E-state index in [1.54, 1.807) is 31.4 Å². The molecule has 3 aromatic rings. The zero-order chi connectivity index (χ0) is 25.2. The third kappa shape index (κ3) is 4.78. The van der Waals surface area contributed by atoms with Crippen LogP contribution in [0.4, 0.5) is 0 Å². The second-order valence-corrected chi connectivity index (χ2v) is 9.44. The number of carbonyl (C=O) groups is 1. The predicted octanol–water partition coefficient (Wildman–Crippen LogP) is 5.90. The van der Waals surface area contributed by atoms with Crippen LogP contribution >= 0.6 is 23.4 Å². The van der Waals surface area contributed by atoms with E-state index < -0.39 is 5.91 Å². The summed E-state index contributed by atoms with van der Waals surface area (Å²) in [5.74, 6) is 0.509. The second-order valence-electron chi connectivity index (χ2n) is 8.08. The van der Waals surface area contributed by atoms with E-state index in [4.69, 9.17) is 26.5 Å². The summed E-state index contributed by atoms with van der Waals surface area (Å²) in [7, 11) is 1.54. The first-order valence-electron chi connectivity index (χ1n) is 11.0. The van der Waals surface area contributed by atoms with Crippen molar-refractivity contribution in [2.75, 3.05) is 7.11 Å². The Balaban J connectivity index is 1.38. The molecule has 0 saturated heterocycles. The van der Waals surface area contributed by atoms with Crippen molar-refractivity contribution in [2.24, 2.45) is 10.1 Å². The molecule has 0 aromatic heterocycles. The van der Waals surface area contributed by atoms with Crippen LogP contribution < -0.4 is 9.47 Å². The van der Waals surface area contributed by atoms with E-state index in [9.17, 15) is 4.79 Å². The Labute approximate surface area is 217 Å². The van der Waals surface area contributed by atoms with Gasteiger partial charge in [-0.25, -0.2) is 0 Å². The van der Waals surface area contributed by atoms with Gasteiger partial charge in [0.15, 0.2) is 17.3 Å². The van der Waals surface area contributed by atoms with Crippen molar-refractivity contribution in [2.45, 2.75) is 13.5 Å². The van der Waals surface area contributed by atoms with Gasteiger partial charge in [0.2, 0.25) is 5.17 Å². The molecule has 0 saturated carbocycles. The van der Waals surface area contributed by atoms with E-state index in [2.05, 4.69) is 10.1 Å². The van der Waals surface area contributed by atoms with Gasteiger partial charge < -0.3 is 9.47 Å². The van der Waals surface area contributed by atoms with Crippen LogP contribution in [-0.4, -0.2) is 34.1 Å². The summed E-state index contributed by atoms with van der Waals surface area (Å²) in [5.41, 5.74) is 3.71. The number of hydrogen-bond acceptors (Lipinski definition) is 6. The average Bonchev–Trinajstić information content (AvgIpc) is 3.31. The molecule has 0 spiro atoms. The van der Waals surface area contributed by atoms with Crippen molar-refractivity contribution >= 4 is 51.4 Å². The third-order valence-electron chi connectivity index (χ3n) is 5.59. The number of nitrogens with one attached hydrogen (secondary N) is 1. The van der Waals surface area contributed by atoms with Gasteiger partial charge in [-0.05, 0) is 48.5 Å². The second kappa shape index (κ2) is 10.0. The van der Waals surface area contributed by atoms with Gasteiger partial charge >= 0.3 is 0 Å². The van der Waals surface area contributed by atoms with Crippen molar-refractivity contribution in [1.29, 1.82) is 5.41 Å². The first kappa shape index (κ1) is 23.8. The van der Waals surface area contributed by atoms with E-state index in [0.717, 1.165) is 16.7 Å². The summed E-state index contributed by atoms with van der Waals surface area (Å²) in [6.45, 7) is 2.30. The van der Waals surface area contributed by atoms with E-state index in [-0.39, 0.29) is 18.0 Å². The summed E-state index contributed by atoms with van der Waals surface area (Å²) >= 11 is 7.49. The minimum absolute atomic E-state index is 0.0300. The van der Waals surface area contributed by atoms with Crippen LogP contribution in [0.1, 0.15) is 22.3 Å². The number of carbonyl (C=O) groups excluding carboxylic acids is 1. The maximum absolute atomic E-state index is 12.8. The number of nitrogens with zero attached hydrogens (tertiary/aromatic N) is 3. The van der Waals surface area contributed by atoms with E-state index in [1.807, 2.05) is 55.5 Å². The summed E-state index contributed by atoms with van der Waals surface area (Å²) in [6.07, 6.45) is 1.61. The molecule has 36 heavy (non-hydrogen) atoms. The number of hydrazone groups is 1. The normalized spacial score (nSPS) is 16.1. The lowest BCUT2D eigenvalue weighted by molar-refractivity contribution is -0.114. The minimum Gasteiger partial charge on any atom is -0.493 e. The van der Waals surface area contributed by atoms with Crippen molar-refractivity contribution in [1.82, 2.24) is 5.01 Å². The number of aryl methyl sites for hydroxylation is 1. The Bertz CT molecular complexity index is 1460. The summed E-state index contributed by atoms with van der Waals surface area (Å²) in [6, 6.07) is 20.7. The lowest BCUT2D eigenvalue weighted by atomic mass is 10.1. The van der Waals surface area contributed by atoms with Crippen molar-refractivity contribution < 1.29 is 14.3 Å². The maximum Gasteiger partial charge on any atom is 0.283 e. The first-order chi connectivity index (χ1) is 17.4. The van der Waals surface area contributed by atoms with E-state index in [1.165, 1.54) is 16.8 Å². The Morgan fingerprint density at radius 1 is 1.08 bits per heavy atom. The van der Waals surface area contributed by atoms with Crippen LogP contribution in [0.3, 0.4) is 0 Å². The molecule has 7 nitrogen and oxygen atoms in total. The molecule has 3 aromatic carbocycles. The highest BCUT2D eigenvalue weighted by Crippen LogP contribution is 2.33. The number of amides is 1. The highest BCUT2D eigenvalue weighted by atomic mass is 35.5. The van der Waals surface area contributed by atoms with E-state index in [0.29, 0.717) is 32.3 Å². The standard InChI is InChI=1S/C27H21ClN4O3S/c1-16-7-10-18(11-8-16)26-31-32-24(29)20(25(33)30-27(32)36-26)13-17-9-12-22(23(14-17)34-2)35-15-19-5-3-4-6-21(19)28/h3-14,29H,15H2,1-2H3/b20-13+,29-24?. The zero-order valence-corrected chi connectivity index (χ0v) is 21.1. The predicted molar refractivity (Wildman–Crippen MR) is 144 cm³/mol. The summed E-state index contributed by atoms with van der Waals surface area (Å²) < 4.78 is 11.4. The molecule has 0 aliphatic carbocycles. The van der Waals surface area contributed by atoms with Gasteiger partial charge in [0, 0.05) is 16.1 Å². The van der Waals surface area contributed by atoms with Crippen molar-refractivity contribution in [3.8, 4) is 11.5 Å². The van der Waals surface area contributed by atoms with Gasteiger partial charge in [-0.1, -0.05) is 65.7 Å². The molecule has 5 rings (SSSR count). The molecular formula is C27H21ClN4O3S. The number of fused-ring (bicyclic) bond motifs is 1. The van der Waals surface area contributed by atoms with Crippen LogP contribution in [0.25, 0.3) is 6.08 Å². The molecule has 0 fully saturated rings. The maximum atomic E-state index is 12.8. The summed E-state index contributed by atoms with van der Waals surface area (Å²) in [4.78, 5) is 17.0. The fraction of sp³-hybridized carbons (Fsp3) is 0.111. The molecule has 0 radical (unpaired) electrons. The molecule has 2 aliphatic rings. The van der Waals surface area contributed by atoms with Gasteiger partial charge in [0.1, 0.15) is 11.7 Å². The fourth-order valence-electron chi connectivity index (χ4n) is 3.64. The Morgan fingerprint density at radius 3 is 2.61 bits per heavy atom. The third-order valence-corrected chi connectivity index (χ3v) is 6.92. The van der Waals surface area contributed by atoms with Gasteiger partial charge in [-0.15, -0.1) is 0 Å². The lowest BCUT2D eigenvalue weighted by Crippen LogP contribution is -2.35. The number of amidine groups is 2. The smallest absolute Gasteiger partial charge is 0.283 e. The number of aliphatic imine (C=N–C) groups is 1. The van der Waals surface area contributed by atoms with Gasteiger partial charge in [0.25, 0.3) is 5.91 Å². The van der Waals surface area contributed by atoms with Crippen LogP contribution in [0, 0.1) is 12.3 Å². The van der Waals surface area contributed by atoms with Gasteiger partial charge in [0.05, 0.1) is 12.7 Å². The topological polar surface area (TPSA) is 87.3 Å². The molecule has 1 amide bonds. The van der Waals surface area contributed by atoms with Gasteiger partial charge in [-0.3, -0.25) is 10.2 Å². The molecule has 180 valence electrons. The average molecular weight is 517 g/mol. The molecule has 2 heterocycles. The number of rotatable bonds is 6. The largest absolute Gasteiger partial charge is 0.493 e. The van der Waals surface area contributed by atoms with E-state index >= 15 is 0 Å². The Kier molecular flexibility index (Phi) is 6.63. The van der Waals surface area contributed by atoms with Crippen LogP contribution in [-0.2, 0) is 11.4 Å². The fourth-order valence-corrected chi connectivity index (χ4v) is 4.72. The number of methoxy groups -OCH3 is 1. The SMILES string of the molecule is COc1cc(/C=C2\C(=N)N3N=C(c4ccc(C)cc4)SC3=NC2=O)ccc1OCc1ccccc1Cl. The Hall–Kier alpha value is -3.88. The quantitative estimate of drug-likeness (QED) is 0.412. The number of hydrogen-bond donors (Lipinski definition) is 1. The summed E-state index contributed by atoms with van der Waals surface area (Å²) in [5, 5.41) is 16.2. The van der Waals surface area contributed by atoms with Crippen LogP contribution in [0.2, 0.25) is 5.02 Å². The van der Waals surface area contributed by atoms with Gasteiger partial charge in [-0.2, -0.15) is 15.1 Å². The molecular weight excluding hydrogens is 496 g/mol. The highest BCUT2D eigenvalue weighted by Gasteiger charge is 2.36. The molecule has 1 N–H and O–H groups in total. The molecule has 2 aliphatic heterocycles. The highest BCUT2D eigenvalue weighted by molar-refractivity contribution is 8.27. The number of benzene rings is 3. The number of ether oxygens (including phenoxy) is 2. The molecule has 9 heteroatoms. The molecule has 0 atom stereocenters. The molecule has 0 unspecified atom stereocenters. The zero-order valence-electron chi connectivity index (χ0n) is 19.5. The Morgan fingerprint density at radius 2 is 1.86 bits per heavy atom.